The lowest BCUT2D eigenvalue weighted by atomic mass is 9.82. The first kappa shape index (κ1) is 32.2. The molecule has 0 amide bonds. The number of aliphatic carboxylic acids is 1. The lowest BCUT2D eigenvalue weighted by Crippen LogP contribution is -2.39. The van der Waals surface area contributed by atoms with Gasteiger partial charge < -0.3 is 35.1 Å². The van der Waals surface area contributed by atoms with Crippen molar-refractivity contribution in [3.63, 3.8) is 0 Å². The molecular weight excluding hydrogens is 460 g/mol. The van der Waals surface area contributed by atoms with Gasteiger partial charge in [-0.1, -0.05) is 26.8 Å². The number of carboxylic acid groups (broad SMARTS) is 1. The quantitative estimate of drug-likeness (QED) is 0.227. The molecule has 0 unspecified atom stereocenters. The molecule has 0 aliphatic carbocycles. The standard InChI is InChI=1S/C28H50N2O6/c1-20(2)23(19-24(29)25(31)16-21(3)28(32)33)17-22-10-11-26(35-14-8-7-12-30(4)5)27(18-22)36-15-9-13-34-6/h10-11,18,20-21,23-25,31H,7-9,12-17,19,29H2,1-6H3,(H,32,33)/t21-,23+,24+,25+/m1/s1. The summed E-state index contributed by atoms with van der Waals surface area (Å²) in [6.45, 7) is 8.74. The van der Waals surface area contributed by atoms with E-state index in [0.29, 0.717) is 32.2 Å². The highest BCUT2D eigenvalue weighted by Crippen LogP contribution is 2.32. The molecule has 1 aromatic carbocycles. The number of nitrogens with zero attached hydrogens (tertiary/aromatic N) is 1. The summed E-state index contributed by atoms with van der Waals surface area (Å²) >= 11 is 0. The van der Waals surface area contributed by atoms with E-state index in [1.54, 1.807) is 14.0 Å². The number of benzene rings is 1. The molecule has 8 heteroatoms. The van der Waals surface area contributed by atoms with Gasteiger partial charge in [0, 0.05) is 26.2 Å². The zero-order valence-corrected chi connectivity index (χ0v) is 23.2. The second-order valence-corrected chi connectivity index (χ2v) is 10.5. The molecule has 0 radical (unpaired) electrons. The Morgan fingerprint density at radius 1 is 1.00 bits per heavy atom. The molecule has 8 nitrogen and oxygen atoms in total. The van der Waals surface area contributed by atoms with Crippen LogP contribution in [0.1, 0.15) is 58.4 Å². The Labute approximate surface area is 218 Å². The Kier molecular flexibility index (Phi) is 15.7. The Morgan fingerprint density at radius 2 is 1.67 bits per heavy atom. The summed E-state index contributed by atoms with van der Waals surface area (Å²) < 4.78 is 17.3. The number of unbranched alkanes of at least 4 members (excludes halogenated alkanes) is 1. The van der Waals surface area contributed by atoms with Gasteiger partial charge in [0.05, 0.1) is 25.2 Å². The van der Waals surface area contributed by atoms with Crippen LogP contribution < -0.4 is 15.2 Å². The van der Waals surface area contributed by atoms with Crippen molar-refractivity contribution in [2.45, 2.75) is 71.4 Å². The summed E-state index contributed by atoms with van der Waals surface area (Å²) in [4.78, 5) is 13.3. The number of hydrogen-bond acceptors (Lipinski definition) is 7. The van der Waals surface area contributed by atoms with Gasteiger partial charge in [0.1, 0.15) is 0 Å². The van der Waals surface area contributed by atoms with Crippen LogP contribution >= 0.6 is 0 Å². The number of ether oxygens (including phenoxy) is 3. The molecule has 0 fully saturated rings. The van der Waals surface area contributed by atoms with Crippen molar-refractivity contribution in [1.82, 2.24) is 4.90 Å². The second kappa shape index (κ2) is 17.6. The second-order valence-electron chi connectivity index (χ2n) is 10.5. The van der Waals surface area contributed by atoms with Crippen LogP contribution in [0, 0.1) is 17.8 Å². The van der Waals surface area contributed by atoms with Crippen molar-refractivity contribution in [1.29, 1.82) is 0 Å². The van der Waals surface area contributed by atoms with Gasteiger partial charge >= 0.3 is 5.97 Å². The minimum atomic E-state index is -0.917. The smallest absolute Gasteiger partial charge is 0.306 e. The van der Waals surface area contributed by atoms with E-state index in [-0.39, 0.29) is 12.3 Å². The summed E-state index contributed by atoms with van der Waals surface area (Å²) in [5.74, 6) is 0.513. The molecule has 0 aliphatic rings. The van der Waals surface area contributed by atoms with Crippen molar-refractivity contribution >= 4 is 5.97 Å². The third kappa shape index (κ3) is 12.9. The molecule has 0 aliphatic heterocycles. The van der Waals surface area contributed by atoms with Crippen molar-refractivity contribution < 1.29 is 29.2 Å². The third-order valence-electron chi connectivity index (χ3n) is 6.54. The highest BCUT2D eigenvalue weighted by molar-refractivity contribution is 5.69. The Hall–Kier alpha value is -1.87. The van der Waals surface area contributed by atoms with Gasteiger partial charge in [-0.2, -0.15) is 0 Å². The van der Waals surface area contributed by atoms with Gasteiger partial charge in [0.2, 0.25) is 0 Å². The lowest BCUT2D eigenvalue weighted by Gasteiger charge is -2.28. The number of carbonyl (C=O) groups is 1. The third-order valence-corrected chi connectivity index (χ3v) is 6.54. The maximum atomic E-state index is 11.1. The van der Waals surface area contributed by atoms with Crippen molar-refractivity contribution in [3.05, 3.63) is 23.8 Å². The van der Waals surface area contributed by atoms with E-state index >= 15 is 0 Å². The summed E-state index contributed by atoms with van der Waals surface area (Å²) in [5, 5.41) is 19.6. The number of methoxy groups -OCH3 is 1. The van der Waals surface area contributed by atoms with Crippen LogP contribution in [0.4, 0.5) is 0 Å². The van der Waals surface area contributed by atoms with E-state index in [2.05, 4.69) is 38.9 Å². The number of hydrogen-bond donors (Lipinski definition) is 3. The predicted molar refractivity (Wildman–Crippen MR) is 144 cm³/mol. The average Bonchev–Trinajstić information content (AvgIpc) is 2.81. The number of aliphatic hydroxyl groups excluding tert-OH is 1. The van der Waals surface area contributed by atoms with Crippen LogP contribution in [0.5, 0.6) is 11.5 Å². The first-order valence-electron chi connectivity index (χ1n) is 13.2. The first-order chi connectivity index (χ1) is 17.0. The van der Waals surface area contributed by atoms with Gasteiger partial charge in [0.25, 0.3) is 0 Å². The van der Waals surface area contributed by atoms with Crippen LogP contribution in [0.15, 0.2) is 18.2 Å². The Morgan fingerprint density at radius 3 is 2.28 bits per heavy atom. The fraction of sp³-hybridized carbons (Fsp3) is 0.750. The van der Waals surface area contributed by atoms with E-state index in [4.69, 9.17) is 25.1 Å². The van der Waals surface area contributed by atoms with Gasteiger partial charge in [-0.3, -0.25) is 4.79 Å². The number of rotatable bonds is 20. The summed E-state index contributed by atoms with van der Waals surface area (Å²) in [6.07, 6.45) is 3.53. The van der Waals surface area contributed by atoms with Gasteiger partial charge in [-0.05, 0) is 82.3 Å². The van der Waals surface area contributed by atoms with E-state index in [0.717, 1.165) is 49.3 Å². The van der Waals surface area contributed by atoms with E-state index in [1.807, 2.05) is 12.1 Å². The minimum Gasteiger partial charge on any atom is -0.490 e. The maximum Gasteiger partial charge on any atom is 0.306 e. The summed E-state index contributed by atoms with van der Waals surface area (Å²) in [7, 11) is 5.82. The lowest BCUT2D eigenvalue weighted by molar-refractivity contribution is -0.142. The number of aliphatic hydroxyl groups is 1. The van der Waals surface area contributed by atoms with Crippen LogP contribution in [-0.2, 0) is 16.0 Å². The van der Waals surface area contributed by atoms with Crippen LogP contribution in [0.3, 0.4) is 0 Å². The van der Waals surface area contributed by atoms with E-state index < -0.39 is 24.0 Å². The number of nitrogens with two attached hydrogens (primary N) is 1. The van der Waals surface area contributed by atoms with Gasteiger partial charge in [0.15, 0.2) is 11.5 Å². The maximum absolute atomic E-state index is 11.1. The molecule has 4 atom stereocenters. The van der Waals surface area contributed by atoms with Crippen LogP contribution in [0.25, 0.3) is 0 Å². The topological polar surface area (TPSA) is 114 Å². The highest BCUT2D eigenvalue weighted by atomic mass is 16.5. The first-order valence-corrected chi connectivity index (χ1v) is 13.2. The average molecular weight is 511 g/mol. The van der Waals surface area contributed by atoms with Crippen molar-refractivity contribution in [3.8, 4) is 11.5 Å². The summed E-state index contributed by atoms with van der Waals surface area (Å²) in [6, 6.07) is 5.62. The molecular formula is C28H50N2O6. The molecule has 4 N–H and O–H groups in total. The molecule has 0 aromatic heterocycles. The molecule has 208 valence electrons. The molecule has 36 heavy (non-hydrogen) atoms. The van der Waals surface area contributed by atoms with E-state index in [1.165, 1.54) is 0 Å². The molecule has 0 saturated heterocycles. The predicted octanol–water partition coefficient (Wildman–Crippen LogP) is 3.83. The van der Waals surface area contributed by atoms with Crippen LogP contribution in [0.2, 0.25) is 0 Å². The highest BCUT2D eigenvalue weighted by Gasteiger charge is 2.26. The van der Waals surface area contributed by atoms with Crippen LogP contribution in [-0.4, -0.2) is 80.8 Å². The zero-order valence-electron chi connectivity index (χ0n) is 23.2. The molecule has 1 aromatic rings. The van der Waals surface area contributed by atoms with E-state index in [9.17, 15) is 9.90 Å². The normalized spacial score (nSPS) is 15.1. The largest absolute Gasteiger partial charge is 0.490 e. The van der Waals surface area contributed by atoms with Crippen molar-refractivity contribution in [2.75, 3.05) is 47.6 Å². The Balaban J connectivity index is 2.86. The molecule has 0 bridgehead atoms. The SMILES string of the molecule is COCCCOc1cc(C[C@@H](C[C@H](N)[C@@H](O)C[C@@H](C)C(=O)O)C(C)C)ccc1OCCCCN(C)C. The van der Waals surface area contributed by atoms with Gasteiger partial charge in [-0.15, -0.1) is 0 Å². The van der Waals surface area contributed by atoms with Crippen molar-refractivity contribution in [2.24, 2.45) is 23.5 Å². The van der Waals surface area contributed by atoms with Gasteiger partial charge in [-0.25, -0.2) is 0 Å². The molecule has 0 saturated carbocycles. The minimum absolute atomic E-state index is 0.154. The molecule has 0 spiro atoms. The monoisotopic (exact) mass is 510 g/mol. The zero-order chi connectivity index (χ0) is 27.1. The fourth-order valence-corrected chi connectivity index (χ4v) is 4.05. The Bertz CT molecular complexity index is 743. The molecule has 0 heterocycles. The summed E-state index contributed by atoms with van der Waals surface area (Å²) in [5.41, 5.74) is 7.42. The molecule has 1 rings (SSSR count). The number of carboxylic acids is 1. The fourth-order valence-electron chi connectivity index (χ4n) is 4.05.